The van der Waals surface area contributed by atoms with Crippen LogP contribution in [0.3, 0.4) is 0 Å². The fraction of sp³-hybridized carbons (Fsp3) is 0.263. The number of carbonyl (C=O) groups is 2. The molecular weight excluding hydrogens is 359 g/mol. The lowest BCUT2D eigenvalue weighted by molar-refractivity contribution is -0.132. The van der Waals surface area contributed by atoms with Crippen LogP contribution in [0, 0.1) is 5.82 Å². The first-order chi connectivity index (χ1) is 12.5. The lowest BCUT2D eigenvalue weighted by Crippen LogP contribution is -2.43. The number of para-hydroxylation sites is 1. The summed E-state index contributed by atoms with van der Waals surface area (Å²) in [6, 6.07) is 12.1. The van der Waals surface area contributed by atoms with Crippen LogP contribution in [0.5, 0.6) is 5.75 Å². The van der Waals surface area contributed by atoms with Crippen LogP contribution in [0.2, 0.25) is 5.02 Å². The average molecular weight is 377 g/mol. The van der Waals surface area contributed by atoms with Crippen LogP contribution in [-0.2, 0) is 10.3 Å². The maximum absolute atomic E-state index is 13.2. The Balaban J connectivity index is 1.73. The van der Waals surface area contributed by atoms with E-state index in [1.807, 2.05) is 0 Å². The molecule has 1 atom stereocenters. The van der Waals surface area contributed by atoms with Gasteiger partial charge in [-0.25, -0.2) is 9.18 Å². The third-order valence-corrected chi connectivity index (χ3v) is 4.76. The number of carbonyl (C=O) groups excluding carboxylic acids is 2. The summed E-state index contributed by atoms with van der Waals surface area (Å²) in [5, 5.41) is 3.20. The SMILES string of the molecule is CCC1(c2ccc(F)cc2)NC(=O)N(CCOc2ccccc2Cl)C1=O. The predicted molar refractivity (Wildman–Crippen MR) is 95.6 cm³/mol. The summed E-state index contributed by atoms with van der Waals surface area (Å²) in [6.45, 7) is 2.00. The van der Waals surface area contributed by atoms with E-state index in [0.29, 0.717) is 22.8 Å². The Labute approximate surface area is 155 Å². The van der Waals surface area contributed by atoms with E-state index < -0.39 is 17.4 Å². The number of ether oxygens (including phenoxy) is 1. The van der Waals surface area contributed by atoms with Gasteiger partial charge < -0.3 is 10.1 Å². The third kappa shape index (κ3) is 3.24. The van der Waals surface area contributed by atoms with Crippen LogP contribution in [0.1, 0.15) is 18.9 Å². The van der Waals surface area contributed by atoms with Gasteiger partial charge >= 0.3 is 6.03 Å². The van der Waals surface area contributed by atoms with E-state index in [9.17, 15) is 14.0 Å². The van der Waals surface area contributed by atoms with Gasteiger partial charge in [0.25, 0.3) is 5.91 Å². The van der Waals surface area contributed by atoms with Gasteiger partial charge in [-0.3, -0.25) is 9.69 Å². The van der Waals surface area contributed by atoms with Gasteiger partial charge in [-0.2, -0.15) is 0 Å². The molecule has 2 aromatic carbocycles. The number of halogens is 2. The number of amides is 3. The summed E-state index contributed by atoms with van der Waals surface area (Å²) in [7, 11) is 0. The van der Waals surface area contributed by atoms with Crippen molar-refractivity contribution in [2.24, 2.45) is 0 Å². The molecule has 1 aliphatic rings. The highest BCUT2D eigenvalue weighted by Gasteiger charge is 2.51. The number of imide groups is 1. The molecule has 136 valence electrons. The van der Waals surface area contributed by atoms with E-state index in [2.05, 4.69) is 5.32 Å². The molecule has 2 aromatic rings. The molecule has 7 heteroatoms. The van der Waals surface area contributed by atoms with Crippen LogP contribution in [0.15, 0.2) is 48.5 Å². The number of nitrogens with zero attached hydrogens (tertiary/aromatic N) is 1. The maximum Gasteiger partial charge on any atom is 0.325 e. The fourth-order valence-electron chi connectivity index (χ4n) is 3.01. The molecule has 1 unspecified atom stereocenters. The number of nitrogens with one attached hydrogen (secondary N) is 1. The van der Waals surface area contributed by atoms with Crippen LogP contribution in [0.25, 0.3) is 0 Å². The molecule has 26 heavy (non-hydrogen) atoms. The minimum absolute atomic E-state index is 0.0822. The molecule has 0 saturated carbocycles. The van der Waals surface area contributed by atoms with Gasteiger partial charge in [-0.05, 0) is 36.2 Å². The number of rotatable bonds is 6. The Morgan fingerprint density at radius 3 is 2.50 bits per heavy atom. The number of benzene rings is 2. The quantitative estimate of drug-likeness (QED) is 0.782. The molecular formula is C19H18ClFN2O3. The zero-order valence-corrected chi connectivity index (χ0v) is 14.9. The van der Waals surface area contributed by atoms with Crippen LogP contribution >= 0.6 is 11.6 Å². The second kappa shape index (κ2) is 7.33. The Bertz CT molecular complexity index is 828. The van der Waals surface area contributed by atoms with Gasteiger partial charge in [0.05, 0.1) is 11.6 Å². The highest BCUT2D eigenvalue weighted by Crippen LogP contribution is 2.32. The normalized spacial score (nSPS) is 19.6. The topological polar surface area (TPSA) is 58.6 Å². The second-order valence-electron chi connectivity index (χ2n) is 5.93. The summed E-state index contributed by atoms with van der Waals surface area (Å²) in [6.07, 6.45) is 0.352. The molecule has 3 rings (SSSR count). The molecule has 0 aromatic heterocycles. The fourth-order valence-corrected chi connectivity index (χ4v) is 3.20. The van der Waals surface area contributed by atoms with E-state index in [1.54, 1.807) is 31.2 Å². The third-order valence-electron chi connectivity index (χ3n) is 4.45. The molecule has 0 bridgehead atoms. The van der Waals surface area contributed by atoms with E-state index in [0.717, 1.165) is 4.90 Å². The monoisotopic (exact) mass is 376 g/mol. The zero-order chi connectivity index (χ0) is 18.7. The molecule has 0 spiro atoms. The Morgan fingerprint density at radius 1 is 1.15 bits per heavy atom. The van der Waals surface area contributed by atoms with Gasteiger partial charge in [0, 0.05) is 0 Å². The summed E-state index contributed by atoms with van der Waals surface area (Å²) in [4.78, 5) is 26.4. The standard InChI is InChI=1S/C19H18ClFN2O3/c1-2-19(13-7-9-14(21)10-8-13)17(24)23(18(25)22-19)11-12-26-16-6-4-3-5-15(16)20/h3-10H,2,11-12H2,1H3,(H,22,25). The van der Waals surface area contributed by atoms with Crippen LogP contribution < -0.4 is 10.1 Å². The maximum atomic E-state index is 13.2. The Kier molecular flexibility index (Phi) is 5.13. The molecule has 1 N–H and O–H groups in total. The van der Waals surface area contributed by atoms with Crippen molar-refractivity contribution >= 4 is 23.5 Å². The highest BCUT2D eigenvalue weighted by molar-refractivity contribution is 6.32. The lowest BCUT2D eigenvalue weighted by Gasteiger charge is -2.25. The van der Waals surface area contributed by atoms with E-state index in [1.165, 1.54) is 24.3 Å². The van der Waals surface area contributed by atoms with Crippen LogP contribution in [-0.4, -0.2) is 30.0 Å². The Hall–Kier alpha value is -2.60. The van der Waals surface area contributed by atoms with Crippen molar-refractivity contribution in [2.75, 3.05) is 13.2 Å². The Morgan fingerprint density at radius 2 is 1.85 bits per heavy atom. The molecule has 1 fully saturated rings. The molecule has 1 saturated heterocycles. The van der Waals surface area contributed by atoms with Gasteiger partial charge in [0.1, 0.15) is 23.7 Å². The minimum atomic E-state index is -1.19. The largest absolute Gasteiger partial charge is 0.490 e. The van der Waals surface area contributed by atoms with Gasteiger partial charge in [-0.15, -0.1) is 0 Å². The van der Waals surface area contributed by atoms with Crippen molar-refractivity contribution in [2.45, 2.75) is 18.9 Å². The van der Waals surface area contributed by atoms with E-state index in [-0.39, 0.29) is 19.1 Å². The number of hydrogen-bond donors (Lipinski definition) is 1. The van der Waals surface area contributed by atoms with Crippen molar-refractivity contribution in [3.63, 3.8) is 0 Å². The number of hydrogen-bond acceptors (Lipinski definition) is 3. The molecule has 1 heterocycles. The lowest BCUT2D eigenvalue weighted by atomic mass is 9.87. The summed E-state index contributed by atoms with van der Waals surface area (Å²) in [5.74, 6) is -0.289. The van der Waals surface area contributed by atoms with Crippen molar-refractivity contribution in [3.8, 4) is 5.75 Å². The molecule has 0 radical (unpaired) electrons. The smallest absolute Gasteiger partial charge is 0.325 e. The first-order valence-electron chi connectivity index (χ1n) is 8.25. The van der Waals surface area contributed by atoms with Gasteiger partial charge in [0.2, 0.25) is 0 Å². The minimum Gasteiger partial charge on any atom is -0.490 e. The van der Waals surface area contributed by atoms with Crippen molar-refractivity contribution in [3.05, 3.63) is 64.9 Å². The van der Waals surface area contributed by atoms with Gasteiger partial charge in [0.15, 0.2) is 0 Å². The first-order valence-corrected chi connectivity index (χ1v) is 8.63. The molecule has 1 aliphatic heterocycles. The van der Waals surface area contributed by atoms with Crippen molar-refractivity contribution in [1.82, 2.24) is 10.2 Å². The summed E-state index contributed by atoms with van der Waals surface area (Å²) in [5.41, 5.74) is -0.635. The molecule has 5 nitrogen and oxygen atoms in total. The predicted octanol–water partition coefficient (Wildman–Crippen LogP) is 3.72. The zero-order valence-electron chi connectivity index (χ0n) is 14.2. The van der Waals surface area contributed by atoms with Crippen LogP contribution in [0.4, 0.5) is 9.18 Å². The second-order valence-corrected chi connectivity index (χ2v) is 6.34. The molecule has 3 amide bonds. The average Bonchev–Trinajstić information content (AvgIpc) is 2.89. The summed E-state index contributed by atoms with van der Waals surface area (Å²) < 4.78 is 18.8. The van der Waals surface area contributed by atoms with E-state index in [4.69, 9.17) is 16.3 Å². The van der Waals surface area contributed by atoms with Crippen molar-refractivity contribution in [1.29, 1.82) is 0 Å². The first kappa shape index (κ1) is 18.2. The molecule has 0 aliphatic carbocycles. The van der Waals surface area contributed by atoms with E-state index >= 15 is 0 Å². The van der Waals surface area contributed by atoms with Crippen molar-refractivity contribution < 1.29 is 18.7 Å². The highest BCUT2D eigenvalue weighted by atomic mass is 35.5. The summed E-state index contributed by atoms with van der Waals surface area (Å²) >= 11 is 6.02. The van der Waals surface area contributed by atoms with Gasteiger partial charge in [-0.1, -0.05) is 42.8 Å². The number of urea groups is 1.